The zero-order valence-corrected chi connectivity index (χ0v) is 30.5. The maximum Gasteiger partial charge on any atom is 0.124 e. The minimum Gasteiger partial charge on any atom is -0.496 e. The van der Waals surface area contributed by atoms with Gasteiger partial charge in [0.25, 0.3) is 0 Å². The number of nitrogens with zero attached hydrogens (tertiary/aromatic N) is 4. The Balaban J connectivity index is 1.39. The summed E-state index contributed by atoms with van der Waals surface area (Å²) >= 11 is 0. The van der Waals surface area contributed by atoms with Gasteiger partial charge in [0.05, 0.1) is 37.5 Å². The molecule has 0 bridgehead atoms. The zero-order valence-electron chi connectivity index (χ0n) is 30.5. The summed E-state index contributed by atoms with van der Waals surface area (Å²) in [6.45, 7) is 22.0. The van der Waals surface area contributed by atoms with Crippen molar-refractivity contribution < 1.29 is 9.47 Å². The molecule has 6 nitrogen and oxygen atoms in total. The van der Waals surface area contributed by atoms with Crippen LogP contribution in [0.4, 0.5) is 11.4 Å². The molecule has 0 spiro atoms. The Morgan fingerprint density at radius 2 is 1.00 bits per heavy atom. The first-order chi connectivity index (χ1) is 22.6. The van der Waals surface area contributed by atoms with Gasteiger partial charge in [0.1, 0.15) is 11.5 Å². The van der Waals surface area contributed by atoms with Gasteiger partial charge in [0.2, 0.25) is 0 Å². The third kappa shape index (κ3) is 4.41. The molecule has 6 heteroatoms. The molecule has 3 aromatic rings. The van der Waals surface area contributed by atoms with Gasteiger partial charge >= 0.3 is 0 Å². The van der Waals surface area contributed by atoms with E-state index in [4.69, 9.17) is 9.47 Å². The lowest BCUT2D eigenvalue weighted by atomic mass is 9.61. The number of hydrogen-bond donors (Lipinski definition) is 0. The van der Waals surface area contributed by atoms with Crippen LogP contribution in [-0.2, 0) is 21.7 Å². The summed E-state index contributed by atoms with van der Waals surface area (Å²) in [6.07, 6.45) is 2.12. The lowest BCUT2D eigenvalue weighted by molar-refractivity contribution is 0.332. The van der Waals surface area contributed by atoms with Gasteiger partial charge < -0.3 is 19.3 Å². The molecular weight excluding hydrogens is 592 g/mol. The molecule has 250 valence electrons. The molecule has 0 saturated heterocycles. The van der Waals surface area contributed by atoms with Crippen LogP contribution in [0, 0.1) is 22.7 Å². The van der Waals surface area contributed by atoms with E-state index in [1.165, 1.54) is 33.6 Å². The van der Waals surface area contributed by atoms with Crippen LogP contribution in [0.15, 0.2) is 36.4 Å². The van der Waals surface area contributed by atoms with Crippen LogP contribution in [-0.4, -0.2) is 40.4 Å². The van der Waals surface area contributed by atoms with Gasteiger partial charge in [0.15, 0.2) is 0 Å². The summed E-state index contributed by atoms with van der Waals surface area (Å²) < 4.78 is 12.1. The average Bonchev–Trinajstić information content (AvgIpc) is 3.05. The quantitative estimate of drug-likeness (QED) is 0.284. The Labute approximate surface area is 287 Å². The van der Waals surface area contributed by atoms with Crippen molar-refractivity contribution in [3.8, 4) is 23.6 Å². The maximum absolute atomic E-state index is 10.8. The second kappa shape index (κ2) is 10.7. The topological polar surface area (TPSA) is 72.5 Å². The molecule has 0 fully saturated rings. The zero-order chi connectivity index (χ0) is 34.6. The Morgan fingerprint density at radius 1 is 0.625 bits per heavy atom. The van der Waals surface area contributed by atoms with E-state index in [-0.39, 0.29) is 33.5 Å². The third-order valence-corrected chi connectivity index (χ3v) is 12.9. The highest BCUT2D eigenvalue weighted by Crippen LogP contribution is 2.59. The van der Waals surface area contributed by atoms with E-state index in [9.17, 15) is 10.5 Å². The fourth-order valence-corrected chi connectivity index (χ4v) is 9.79. The maximum atomic E-state index is 10.8. The third-order valence-electron chi connectivity index (χ3n) is 12.9. The molecule has 3 aromatic carbocycles. The van der Waals surface area contributed by atoms with E-state index in [2.05, 4.69) is 114 Å². The fraction of sp³-hybridized carbons (Fsp3) is 0.524. The van der Waals surface area contributed by atoms with Crippen LogP contribution < -0.4 is 19.3 Å². The van der Waals surface area contributed by atoms with E-state index in [0.29, 0.717) is 11.1 Å². The molecule has 4 aliphatic heterocycles. The Bertz CT molecular complexity index is 1780. The molecule has 2 unspecified atom stereocenters. The predicted octanol–water partition coefficient (Wildman–Crippen LogP) is 8.57. The Morgan fingerprint density at radius 3 is 1.33 bits per heavy atom. The van der Waals surface area contributed by atoms with Gasteiger partial charge in [0, 0.05) is 71.3 Å². The second-order valence-electron chi connectivity index (χ2n) is 17.0. The van der Waals surface area contributed by atoms with Crippen molar-refractivity contribution in [2.45, 2.75) is 102 Å². The smallest absolute Gasteiger partial charge is 0.124 e. The second-order valence-corrected chi connectivity index (χ2v) is 17.0. The van der Waals surface area contributed by atoms with E-state index in [0.717, 1.165) is 61.6 Å². The minimum atomic E-state index is -0.339. The number of rotatable bonds is 4. The number of ether oxygens (including phenoxy) is 2. The molecule has 0 amide bonds. The number of hydrogen-bond acceptors (Lipinski definition) is 6. The van der Waals surface area contributed by atoms with Gasteiger partial charge in [-0.1, -0.05) is 67.5 Å². The van der Waals surface area contributed by atoms with Crippen LogP contribution in [0.2, 0.25) is 0 Å². The van der Waals surface area contributed by atoms with Crippen LogP contribution in [0.5, 0.6) is 11.5 Å². The van der Waals surface area contributed by atoms with E-state index < -0.39 is 0 Å². The Kier molecular flexibility index (Phi) is 7.20. The van der Waals surface area contributed by atoms with Gasteiger partial charge in [-0.05, 0) is 70.2 Å². The molecule has 7 rings (SSSR count). The van der Waals surface area contributed by atoms with Crippen LogP contribution in [0.25, 0.3) is 0 Å². The number of methoxy groups -OCH3 is 2. The first-order valence-corrected chi connectivity index (χ1v) is 17.5. The van der Waals surface area contributed by atoms with Crippen molar-refractivity contribution in [2.24, 2.45) is 0 Å². The normalized spacial score (nSPS) is 23.7. The highest BCUT2D eigenvalue weighted by molar-refractivity contribution is 5.75. The van der Waals surface area contributed by atoms with Crippen LogP contribution >= 0.6 is 0 Å². The fourth-order valence-electron chi connectivity index (χ4n) is 9.79. The molecule has 0 aromatic heterocycles. The molecule has 0 saturated carbocycles. The summed E-state index contributed by atoms with van der Waals surface area (Å²) in [5.41, 5.74) is 10.4. The number of nitriles is 2. The van der Waals surface area contributed by atoms with E-state index in [1.807, 2.05) is 0 Å². The molecular formula is C42H50N4O2. The van der Waals surface area contributed by atoms with E-state index in [1.54, 1.807) is 14.2 Å². The van der Waals surface area contributed by atoms with Crippen molar-refractivity contribution >= 4 is 11.4 Å². The summed E-state index contributed by atoms with van der Waals surface area (Å²) in [5.74, 6) is 1.78. The first kappa shape index (κ1) is 32.4. The van der Waals surface area contributed by atoms with Crippen molar-refractivity contribution in [2.75, 3.05) is 50.2 Å². The Hall–Kier alpha value is -4.16. The van der Waals surface area contributed by atoms with Crippen LogP contribution in [0.1, 0.15) is 125 Å². The van der Waals surface area contributed by atoms with Crippen molar-refractivity contribution in [3.05, 3.63) is 80.9 Å². The minimum absolute atomic E-state index is 0.00164. The summed E-state index contributed by atoms with van der Waals surface area (Å²) in [6, 6.07) is 18.1. The first-order valence-electron chi connectivity index (χ1n) is 17.5. The molecule has 4 aliphatic rings. The highest BCUT2D eigenvalue weighted by Gasteiger charge is 2.50. The standard InChI is InChI=1S/C42H50N4O2/c1-39(2)15-17-45-23-31(41(5,6)35-33(47-9)13-11-29(39)37(35)45)27-19-26(22-44)28(20-25(27)21-43)32-24-46-18-16-40(3,4)30-12-14-34(48-10)36(38(30)46)42(32,7)8/h11-14,19-20,31-32H,15-18,23-24H2,1-10H3. The molecule has 0 radical (unpaired) electrons. The van der Waals surface area contributed by atoms with Gasteiger partial charge in [-0.15, -0.1) is 0 Å². The monoisotopic (exact) mass is 642 g/mol. The largest absolute Gasteiger partial charge is 0.496 e. The molecule has 2 atom stereocenters. The number of benzene rings is 3. The summed E-state index contributed by atoms with van der Waals surface area (Å²) in [4.78, 5) is 5.02. The molecule has 4 heterocycles. The molecule has 48 heavy (non-hydrogen) atoms. The summed E-state index contributed by atoms with van der Waals surface area (Å²) in [7, 11) is 3.51. The lowest BCUT2D eigenvalue weighted by Gasteiger charge is -2.52. The van der Waals surface area contributed by atoms with Gasteiger partial charge in [-0.2, -0.15) is 10.5 Å². The molecule has 0 N–H and O–H groups in total. The molecule has 0 aliphatic carbocycles. The van der Waals surface area contributed by atoms with Gasteiger partial charge in [-0.3, -0.25) is 0 Å². The lowest BCUT2D eigenvalue weighted by Crippen LogP contribution is -2.49. The number of anilines is 2. The average molecular weight is 643 g/mol. The predicted molar refractivity (Wildman–Crippen MR) is 193 cm³/mol. The highest BCUT2D eigenvalue weighted by atomic mass is 16.5. The van der Waals surface area contributed by atoms with Crippen LogP contribution in [0.3, 0.4) is 0 Å². The SMILES string of the molecule is COc1ccc2c3c1C(C)(C)C(c1cc(C#N)c(C4CN5CCC(C)(C)c6ccc(OC)c(c65)C4(C)C)cc1C#N)CN3CCC2(C)C. The van der Waals surface area contributed by atoms with Crippen molar-refractivity contribution in [1.29, 1.82) is 10.5 Å². The van der Waals surface area contributed by atoms with E-state index >= 15 is 0 Å². The summed E-state index contributed by atoms with van der Waals surface area (Å²) in [5, 5.41) is 21.6. The van der Waals surface area contributed by atoms with Crippen molar-refractivity contribution in [3.63, 3.8) is 0 Å². The van der Waals surface area contributed by atoms with Crippen molar-refractivity contribution in [1.82, 2.24) is 0 Å². The van der Waals surface area contributed by atoms with Gasteiger partial charge in [-0.25, -0.2) is 0 Å².